The standard InChI is InChI=1S/C36H42O6/c1-23-20-36-21-27(23)15-16-28(36)34(3)18-17-30(41-32(38)25-11-7-5-8-12-25)35(4,22-40-24(2)37)29(34)19-31(36)42-33(39)26-13-9-6-10-14-26/h5-14,27-31H,1,15-22H2,2-4H3/t27-,28-,29+,30+,31-,34-,35+,36+/m0/s1. The van der Waals surface area contributed by atoms with Gasteiger partial charge in [0, 0.05) is 17.8 Å². The lowest BCUT2D eigenvalue weighted by molar-refractivity contribution is -0.232. The van der Waals surface area contributed by atoms with E-state index in [1.807, 2.05) is 36.4 Å². The number of ether oxygens (including phenoxy) is 3. The molecule has 4 aliphatic rings. The van der Waals surface area contributed by atoms with Crippen LogP contribution in [0.3, 0.4) is 0 Å². The molecular weight excluding hydrogens is 528 g/mol. The topological polar surface area (TPSA) is 78.9 Å². The lowest BCUT2D eigenvalue weighted by atomic mass is 9.40. The SMILES string of the molecule is C=C1C[C@@]23C[C@@H]1CC[C@H]2[C@]1(C)CC[C@@H](OC(=O)c2ccccc2)[C@](C)(COC(C)=O)[C@@H]1C[C@@H]3OC(=O)c1ccccc1. The van der Waals surface area contributed by atoms with Crippen LogP contribution in [0.25, 0.3) is 0 Å². The molecule has 42 heavy (non-hydrogen) atoms. The Morgan fingerprint density at radius 3 is 2.02 bits per heavy atom. The van der Waals surface area contributed by atoms with Crippen LogP contribution < -0.4 is 0 Å². The van der Waals surface area contributed by atoms with Gasteiger partial charge < -0.3 is 14.2 Å². The Balaban J connectivity index is 1.38. The monoisotopic (exact) mass is 570 g/mol. The summed E-state index contributed by atoms with van der Waals surface area (Å²) >= 11 is 0. The average Bonchev–Trinajstić information content (AvgIpc) is 3.24. The predicted molar refractivity (Wildman–Crippen MR) is 158 cm³/mol. The summed E-state index contributed by atoms with van der Waals surface area (Å²) in [5.74, 6) is -0.248. The van der Waals surface area contributed by atoms with Gasteiger partial charge in [-0.2, -0.15) is 0 Å². The third-order valence-electron chi connectivity index (χ3n) is 11.5. The Kier molecular flexibility index (Phi) is 7.31. The second-order valence-corrected chi connectivity index (χ2v) is 13.7. The molecule has 0 amide bonds. The van der Waals surface area contributed by atoms with Gasteiger partial charge in [0.15, 0.2) is 0 Å². The molecule has 4 aliphatic carbocycles. The van der Waals surface area contributed by atoms with Crippen LogP contribution >= 0.6 is 0 Å². The largest absolute Gasteiger partial charge is 0.465 e. The van der Waals surface area contributed by atoms with Gasteiger partial charge in [0.2, 0.25) is 0 Å². The van der Waals surface area contributed by atoms with Gasteiger partial charge >= 0.3 is 17.9 Å². The summed E-state index contributed by atoms with van der Waals surface area (Å²) in [6.07, 6.45) is 5.48. The van der Waals surface area contributed by atoms with Crippen molar-refractivity contribution in [1.29, 1.82) is 0 Å². The first-order chi connectivity index (χ1) is 20.1. The molecule has 0 heterocycles. The molecule has 0 N–H and O–H groups in total. The Bertz CT molecular complexity index is 1370. The number of fused-ring (bicyclic) bond motifs is 3. The lowest BCUT2D eigenvalue weighted by Crippen LogP contribution is -2.66. The second-order valence-electron chi connectivity index (χ2n) is 13.7. The molecular formula is C36H42O6. The summed E-state index contributed by atoms with van der Waals surface area (Å²) in [4.78, 5) is 39.0. The van der Waals surface area contributed by atoms with Crippen molar-refractivity contribution in [2.24, 2.45) is 34.0 Å². The van der Waals surface area contributed by atoms with Crippen molar-refractivity contribution < 1.29 is 28.6 Å². The highest BCUT2D eigenvalue weighted by molar-refractivity contribution is 5.90. The average molecular weight is 571 g/mol. The highest BCUT2D eigenvalue weighted by atomic mass is 16.6. The van der Waals surface area contributed by atoms with E-state index in [0.717, 1.165) is 32.1 Å². The van der Waals surface area contributed by atoms with Crippen LogP contribution in [-0.4, -0.2) is 36.7 Å². The van der Waals surface area contributed by atoms with Crippen LogP contribution in [0.15, 0.2) is 72.8 Å². The van der Waals surface area contributed by atoms with E-state index in [2.05, 4.69) is 20.4 Å². The summed E-state index contributed by atoms with van der Waals surface area (Å²) in [7, 11) is 0. The van der Waals surface area contributed by atoms with Crippen molar-refractivity contribution >= 4 is 17.9 Å². The van der Waals surface area contributed by atoms with Crippen LogP contribution in [0.4, 0.5) is 0 Å². The van der Waals surface area contributed by atoms with Gasteiger partial charge in [-0.05, 0) is 92.4 Å². The van der Waals surface area contributed by atoms with E-state index in [9.17, 15) is 14.4 Å². The molecule has 0 aliphatic heterocycles. The molecule has 0 radical (unpaired) electrons. The minimum absolute atomic E-state index is 0.00119. The minimum atomic E-state index is -0.658. The maximum atomic E-state index is 13.5. The highest BCUT2D eigenvalue weighted by Crippen LogP contribution is 2.73. The number of hydrogen-bond donors (Lipinski definition) is 0. The molecule has 2 aromatic carbocycles. The zero-order chi connectivity index (χ0) is 29.7. The lowest BCUT2D eigenvalue weighted by Gasteiger charge is -2.66. The summed E-state index contributed by atoms with van der Waals surface area (Å²) in [5.41, 5.74) is 1.41. The summed E-state index contributed by atoms with van der Waals surface area (Å²) in [5, 5.41) is 0. The second kappa shape index (κ2) is 10.7. The fourth-order valence-electron chi connectivity index (χ4n) is 9.61. The smallest absolute Gasteiger partial charge is 0.338 e. The third kappa shape index (κ3) is 4.67. The van der Waals surface area contributed by atoms with Crippen molar-refractivity contribution in [3.63, 3.8) is 0 Å². The van der Waals surface area contributed by atoms with Crippen molar-refractivity contribution in [2.45, 2.75) is 77.9 Å². The fraction of sp³-hybridized carbons (Fsp3) is 0.528. The fourth-order valence-corrected chi connectivity index (χ4v) is 9.61. The Morgan fingerprint density at radius 1 is 0.833 bits per heavy atom. The van der Waals surface area contributed by atoms with E-state index >= 15 is 0 Å². The molecule has 8 atom stereocenters. The molecule has 2 bridgehead atoms. The van der Waals surface area contributed by atoms with Crippen molar-refractivity contribution in [3.8, 4) is 0 Å². The highest BCUT2D eigenvalue weighted by Gasteiger charge is 2.70. The molecule has 222 valence electrons. The normalized spacial score (nSPS) is 36.7. The van der Waals surface area contributed by atoms with E-state index in [4.69, 9.17) is 14.2 Å². The van der Waals surface area contributed by atoms with Crippen LogP contribution in [0.1, 0.15) is 86.4 Å². The zero-order valence-electron chi connectivity index (χ0n) is 25.0. The number of allylic oxidation sites excluding steroid dienone is 1. The molecule has 0 aromatic heterocycles. The molecule has 6 nitrogen and oxygen atoms in total. The van der Waals surface area contributed by atoms with Gasteiger partial charge in [-0.3, -0.25) is 4.79 Å². The first kappa shape index (κ1) is 28.7. The number of carbonyl (C=O) groups is 3. The summed E-state index contributed by atoms with van der Waals surface area (Å²) in [6, 6.07) is 18.2. The first-order valence-corrected chi connectivity index (χ1v) is 15.4. The molecule has 0 saturated heterocycles. The van der Waals surface area contributed by atoms with Crippen molar-refractivity contribution in [1.82, 2.24) is 0 Å². The van der Waals surface area contributed by atoms with E-state index in [0.29, 0.717) is 35.8 Å². The number of rotatable bonds is 6. The molecule has 1 spiro atoms. The Hall–Kier alpha value is -3.41. The van der Waals surface area contributed by atoms with Crippen LogP contribution in [0.2, 0.25) is 0 Å². The molecule has 6 heteroatoms. The quantitative estimate of drug-likeness (QED) is 0.208. The molecule has 4 fully saturated rings. The Morgan fingerprint density at radius 2 is 1.43 bits per heavy atom. The molecule has 2 aromatic rings. The van der Waals surface area contributed by atoms with Gasteiger partial charge in [0.05, 0.1) is 11.1 Å². The maximum Gasteiger partial charge on any atom is 0.338 e. The van der Waals surface area contributed by atoms with E-state index in [1.165, 1.54) is 12.5 Å². The van der Waals surface area contributed by atoms with E-state index < -0.39 is 11.5 Å². The number of carbonyl (C=O) groups excluding carboxylic acids is 3. The zero-order valence-corrected chi connectivity index (χ0v) is 25.0. The molecule has 4 saturated carbocycles. The van der Waals surface area contributed by atoms with Gasteiger partial charge in [0.1, 0.15) is 18.8 Å². The van der Waals surface area contributed by atoms with Crippen LogP contribution in [-0.2, 0) is 19.0 Å². The Labute approximate surface area is 248 Å². The van der Waals surface area contributed by atoms with Crippen LogP contribution in [0, 0.1) is 34.0 Å². The summed E-state index contributed by atoms with van der Waals surface area (Å²) < 4.78 is 18.5. The van der Waals surface area contributed by atoms with Crippen LogP contribution in [0.5, 0.6) is 0 Å². The minimum Gasteiger partial charge on any atom is -0.465 e. The van der Waals surface area contributed by atoms with E-state index in [-0.39, 0.29) is 47.4 Å². The van der Waals surface area contributed by atoms with E-state index in [1.54, 1.807) is 24.3 Å². The first-order valence-electron chi connectivity index (χ1n) is 15.4. The molecule has 6 rings (SSSR count). The number of benzene rings is 2. The summed E-state index contributed by atoms with van der Waals surface area (Å²) in [6.45, 7) is 10.5. The van der Waals surface area contributed by atoms with Crippen molar-refractivity contribution in [3.05, 3.63) is 83.9 Å². The molecule has 0 unspecified atom stereocenters. The van der Waals surface area contributed by atoms with Gasteiger partial charge in [-0.1, -0.05) is 62.4 Å². The maximum absolute atomic E-state index is 13.5. The van der Waals surface area contributed by atoms with Gasteiger partial charge in [-0.15, -0.1) is 0 Å². The third-order valence-corrected chi connectivity index (χ3v) is 11.5. The number of hydrogen-bond acceptors (Lipinski definition) is 6. The number of esters is 3. The van der Waals surface area contributed by atoms with Gasteiger partial charge in [0.25, 0.3) is 0 Å². The van der Waals surface area contributed by atoms with Crippen molar-refractivity contribution in [2.75, 3.05) is 6.61 Å². The predicted octanol–water partition coefficient (Wildman–Crippen LogP) is 7.19. The van der Waals surface area contributed by atoms with Gasteiger partial charge in [-0.25, -0.2) is 9.59 Å².